The molecule has 2 aliphatic rings. The average Bonchev–Trinajstić information content (AvgIpc) is 3.24. The summed E-state index contributed by atoms with van der Waals surface area (Å²) in [4.78, 5) is 11.5. The van der Waals surface area contributed by atoms with Crippen LogP contribution in [0.5, 0.6) is 11.8 Å². The van der Waals surface area contributed by atoms with Crippen molar-refractivity contribution in [1.82, 2.24) is 15.3 Å². The number of benzene rings is 3. The summed E-state index contributed by atoms with van der Waals surface area (Å²) < 4.78 is 22.3. The molecule has 37 heavy (non-hydrogen) atoms. The van der Waals surface area contributed by atoms with Gasteiger partial charge in [-0.15, -0.1) is 0 Å². The second-order valence-corrected chi connectivity index (χ2v) is 11.0. The van der Waals surface area contributed by atoms with Crippen LogP contribution >= 0.6 is 0 Å². The Kier molecular flexibility index (Phi) is 5.88. The number of phenols is 1. The van der Waals surface area contributed by atoms with Crippen LogP contribution in [0.1, 0.15) is 26.7 Å². The topological polar surface area (TPSA) is 90.7 Å². The van der Waals surface area contributed by atoms with E-state index >= 15 is 4.39 Å². The van der Waals surface area contributed by atoms with Gasteiger partial charge in [-0.1, -0.05) is 44.2 Å². The van der Waals surface area contributed by atoms with Crippen LogP contribution in [0.3, 0.4) is 0 Å². The Morgan fingerprint density at radius 3 is 2.54 bits per heavy atom. The SMILES string of the molecule is CC(C)(CO)COc1nc(N2CC3CCC(C2)N3)c2ccc(-c3cc(O)cc4ccccc34)c(F)c2n1. The average molecular weight is 503 g/mol. The number of rotatable bonds is 6. The van der Waals surface area contributed by atoms with Crippen LogP contribution in [0.4, 0.5) is 10.2 Å². The van der Waals surface area contributed by atoms with Crippen LogP contribution in [-0.2, 0) is 0 Å². The Morgan fingerprint density at radius 1 is 1.03 bits per heavy atom. The number of piperazine rings is 1. The van der Waals surface area contributed by atoms with Crippen molar-refractivity contribution in [2.45, 2.75) is 38.8 Å². The molecule has 0 radical (unpaired) electrons. The Morgan fingerprint density at radius 2 is 1.78 bits per heavy atom. The summed E-state index contributed by atoms with van der Waals surface area (Å²) in [5.41, 5.74) is 0.635. The highest BCUT2D eigenvalue weighted by molar-refractivity contribution is 6.01. The highest BCUT2D eigenvalue weighted by atomic mass is 19.1. The summed E-state index contributed by atoms with van der Waals surface area (Å²) >= 11 is 0. The number of aromatic nitrogens is 2. The maximum Gasteiger partial charge on any atom is 0.319 e. The van der Waals surface area contributed by atoms with Crippen molar-refractivity contribution in [3.8, 4) is 22.9 Å². The number of nitrogens with one attached hydrogen (secondary N) is 1. The van der Waals surface area contributed by atoms with Crippen molar-refractivity contribution in [3.05, 3.63) is 54.3 Å². The number of aromatic hydroxyl groups is 1. The van der Waals surface area contributed by atoms with Gasteiger partial charge in [0.15, 0.2) is 5.82 Å². The zero-order valence-electron chi connectivity index (χ0n) is 21.0. The molecule has 2 unspecified atom stereocenters. The molecule has 0 saturated carbocycles. The van der Waals surface area contributed by atoms with Crippen molar-refractivity contribution >= 4 is 27.5 Å². The molecule has 6 rings (SSSR count). The summed E-state index contributed by atoms with van der Waals surface area (Å²) in [6.07, 6.45) is 2.22. The quantitative estimate of drug-likeness (QED) is 0.354. The maximum absolute atomic E-state index is 16.3. The van der Waals surface area contributed by atoms with Crippen molar-refractivity contribution in [2.75, 3.05) is 31.2 Å². The van der Waals surface area contributed by atoms with Crippen LogP contribution in [0, 0.1) is 11.2 Å². The highest BCUT2D eigenvalue weighted by Gasteiger charge is 2.34. The van der Waals surface area contributed by atoms with Gasteiger partial charge >= 0.3 is 6.01 Å². The van der Waals surface area contributed by atoms with Crippen molar-refractivity contribution < 1.29 is 19.3 Å². The van der Waals surface area contributed by atoms with Crippen molar-refractivity contribution in [2.24, 2.45) is 5.41 Å². The highest BCUT2D eigenvalue weighted by Crippen LogP contribution is 2.39. The first-order chi connectivity index (χ1) is 17.8. The van der Waals surface area contributed by atoms with E-state index in [2.05, 4.69) is 15.2 Å². The number of aliphatic hydroxyl groups excluding tert-OH is 1. The van der Waals surface area contributed by atoms with E-state index in [0.717, 1.165) is 36.7 Å². The lowest BCUT2D eigenvalue weighted by Gasteiger charge is -2.34. The molecule has 2 atom stereocenters. The predicted molar refractivity (Wildman–Crippen MR) is 143 cm³/mol. The number of halogens is 1. The van der Waals surface area contributed by atoms with Crippen LogP contribution < -0.4 is 15.0 Å². The lowest BCUT2D eigenvalue weighted by molar-refractivity contribution is 0.0927. The first-order valence-corrected chi connectivity index (χ1v) is 12.8. The van der Waals surface area contributed by atoms with E-state index in [0.29, 0.717) is 34.4 Å². The van der Waals surface area contributed by atoms with Gasteiger partial charge < -0.3 is 25.2 Å². The lowest BCUT2D eigenvalue weighted by atomic mass is 9.96. The van der Waals surface area contributed by atoms with Crippen LogP contribution in [0.25, 0.3) is 32.8 Å². The molecule has 0 amide bonds. The molecule has 2 saturated heterocycles. The molecular weight excluding hydrogens is 471 g/mol. The molecule has 3 heterocycles. The third kappa shape index (κ3) is 4.45. The van der Waals surface area contributed by atoms with Crippen molar-refractivity contribution in [3.63, 3.8) is 0 Å². The minimum atomic E-state index is -0.493. The van der Waals surface area contributed by atoms with E-state index in [4.69, 9.17) is 9.72 Å². The summed E-state index contributed by atoms with van der Waals surface area (Å²) in [5.74, 6) is 0.246. The monoisotopic (exact) mass is 502 g/mol. The number of fused-ring (bicyclic) bond motifs is 4. The summed E-state index contributed by atoms with van der Waals surface area (Å²) in [6, 6.07) is 15.3. The minimum absolute atomic E-state index is 0.0579. The fourth-order valence-corrected chi connectivity index (χ4v) is 5.43. The number of aliphatic hydroxyl groups is 1. The van der Waals surface area contributed by atoms with Crippen LogP contribution in [0.2, 0.25) is 0 Å². The smallest absolute Gasteiger partial charge is 0.319 e. The number of ether oxygens (including phenoxy) is 1. The molecule has 2 fully saturated rings. The van der Waals surface area contributed by atoms with Crippen molar-refractivity contribution in [1.29, 1.82) is 0 Å². The largest absolute Gasteiger partial charge is 0.508 e. The molecular formula is C29H31FN4O3. The van der Waals surface area contributed by atoms with Crippen LogP contribution in [0.15, 0.2) is 48.5 Å². The molecule has 7 nitrogen and oxygen atoms in total. The maximum atomic E-state index is 16.3. The van der Waals surface area contributed by atoms with Gasteiger partial charge in [0.1, 0.15) is 17.1 Å². The zero-order chi connectivity index (χ0) is 25.7. The Balaban J connectivity index is 1.51. The van der Waals surface area contributed by atoms with Gasteiger partial charge in [0.05, 0.1) is 13.2 Å². The molecule has 3 N–H and O–H groups in total. The third-order valence-corrected chi connectivity index (χ3v) is 7.44. The zero-order valence-corrected chi connectivity index (χ0v) is 21.0. The van der Waals surface area contributed by atoms with E-state index in [1.54, 1.807) is 18.2 Å². The van der Waals surface area contributed by atoms with Gasteiger partial charge in [-0.3, -0.25) is 0 Å². The normalized spacial score (nSPS) is 19.6. The second kappa shape index (κ2) is 9.11. The summed E-state index contributed by atoms with van der Waals surface area (Å²) in [7, 11) is 0. The first kappa shape index (κ1) is 23.9. The van der Waals surface area contributed by atoms with Gasteiger partial charge in [-0.05, 0) is 47.4 Å². The van der Waals surface area contributed by atoms with Crippen LogP contribution in [-0.4, -0.2) is 58.6 Å². The molecule has 192 valence electrons. The van der Waals surface area contributed by atoms with E-state index in [1.165, 1.54) is 0 Å². The number of nitrogens with zero attached hydrogens (tertiary/aromatic N) is 3. The Bertz CT molecular complexity index is 1480. The molecule has 0 aliphatic carbocycles. The fraction of sp³-hybridized carbons (Fsp3) is 0.379. The van der Waals surface area contributed by atoms with E-state index < -0.39 is 11.2 Å². The van der Waals surface area contributed by atoms with E-state index in [-0.39, 0.29) is 30.5 Å². The van der Waals surface area contributed by atoms with Gasteiger partial charge in [0, 0.05) is 41.5 Å². The number of hydrogen-bond donors (Lipinski definition) is 3. The van der Waals surface area contributed by atoms with Gasteiger partial charge in [-0.25, -0.2) is 4.39 Å². The molecule has 0 spiro atoms. The van der Waals surface area contributed by atoms with Gasteiger partial charge in [0.25, 0.3) is 0 Å². The second-order valence-electron chi connectivity index (χ2n) is 11.0. The van der Waals surface area contributed by atoms with Gasteiger partial charge in [0.2, 0.25) is 0 Å². The third-order valence-electron chi connectivity index (χ3n) is 7.44. The lowest BCUT2D eigenvalue weighted by Crippen LogP contribution is -2.51. The minimum Gasteiger partial charge on any atom is -0.508 e. The molecule has 8 heteroatoms. The Labute approximate surface area is 214 Å². The standard InChI is InChI=1S/C29H31FN4O3/c1-29(2,15-35)16-37-28-32-26-23(27(33-28)34-13-18-7-8-19(14-34)31-18)10-9-22(25(26)30)24-12-20(36)11-17-5-3-4-6-21(17)24/h3-6,9-12,18-19,31,35-36H,7-8,13-16H2,1-2H3. The number of hydrogen-bond acceptors (Lipinski definition) is 7. The Hall–Kier alpha value is -3.49. The fourth-order valence-electron chi connectivity index (χ4n) is 5.43. The molecule has 3 aromatic carbocycles. The first-order valence-electron chi connectivity index (χ1n) is 12.8. The molecule has 1 aromatic heterocycles. The summed E-state index contributed by atoms with van der Waals surface area (Å²) in [6.45, 7) is 5.47. The number of phenolic OH excluding ortho intramolecular Hbond substituents is 1. The summed E-state index contributed by atoms with van der Waals surface area (Å²) in [5, 5.41) is 25.9. The number of anilines is 1. The molecule has 4 aromatic rings. The predicted octanol–water partition coefficient (Wildman–Crippen LogP) is 4.63. The van der Waals surface area contributed by atoms with Gasteiger partial charge in [-0.2, -0.15) is 9.97 Å². The van der Waals surface area contributed by atoms with E-state index in [9.17, 15) is 10.2 Å². The van der Waals surface area contributed by atoms with E-state index in [1.807, 2.05) is 44.2 Å². The molecule has 2 bridgehead atoms. The molecule has 2 aliphatic heterocycles.